The van der Waals surface area contributed by atoms with Crippen LogP contribution < -0.4 is 5.43 Å². The molecule has 1 aliphatic rings. The van der Waals surface area contributed by atoms with Crippen molar-refractivity contribution in [3.05, 3.63) is 47.2 Å². The molecule has 0 amide bonds. The number of rotatable bonds is 2. The summed E-state index contributed by atoms with van der Waals surface area (Å²) in [6.45, 7) is 1.89. The number of alkyl halides is 3. The summed E-state index contributed by atoms with van der Waals surface area (Å²) in [6.07, 6.45) is 4.14. The van der Waals surface area contributed by atoms with Gasteiger partial charge in [0.15, 0.2) is 0 Å². The standard InChI is InChI=1S/C11H10Cl3N3O/c1-7-2-4-9(18-7)5-3-8-6-10(11(12,13)14)16-17-15-8/h2-4,6H,5H2,1H3,(H,15,16). The summed E-state index contributed by atoms with van der Waals surface area (Å²) in [7, 11) is 0. The molecule has 2 heterocycles. The fourth-order valence-corrected chi connectivity index (χ4v) is 1.67. The maximum Gasteiger partial charge on any atom is 0.234 e. The Kier molecular flexibility index (Phi) is 4.00. The van der Waals surface area contributed by atoms with Gasteiger partial charge in [0.1, 0.15) is 17.2 Å². The van der Waals surface area contributed by atoms with E-state index < -0.39 is 3.79 Å². The maximum atomic E-state index is 5.73. The molecule has 2 rings (SSSR count). The van der Waals surface area contributed by atoms with Gasteiger partial charge in [0.2, 0.25) is 3.79 Å². The quantitative estimate of drug-likeness (QED) is 0.831. The van der Waals surface area contributed by atoms with Crippen LogP contribution in [0.3, 0.4) is 0 Å². The van der Waals surface area contributed by atoms with Gasteiger partial charge in [-0.25, -0.2) is 0 Å². The summed E-state index contributed by atoms with van der Waals surface area (Å²) in [5.74, 6) is 1.73. The minimum atomic E-state index is -1.58. The predicted octanol–water partition coefficient (Wildman–Crippen LogP) is 4.24. The van der Waals surface area contributed by atoms with Gasteiger partial charge in [0, 0.05) is 6.42 Å². The normalized spacial score (nSPS) is 17.8. The number of furan rings is 1. The Morgan fingerprint density at radius 3 is 2.78 bits per heavy atom. The first-order valence-electron chi connectivity index (χ1n) is 5.16. The van der Waals surface area contributed by atoms with Crippen LogP contribution in [0.4, 0.5) is 0 Å². The van der Waals surface area contributed by atoms with Gasteiger partial charge < -0.3 is 4.42 Å². The van der Waals surface area contributed by atoms with Crippen molar-refractivity contribution in [2.75, 3.05) is 0 Å². The van der Waals surface area contributed by atoms with E-state index in [-0.39, 0.29) is 5.70 Å². The molecule has 0 aromatic carbocycles. The molecule has 0 saturated heterocycles. The molecule has 4 nitrogen and oxygen atoms in total. The van der Waals surface area contributed by atoms with Crippen LogP contribution >= 0.6 is 34.8 Å². The Morgan fingerprint density at radius 2 is 2.17 bits per heavy atom. The minimum Gasteiger partial charge on any atom is -0.466 e. The first-order chi connectivity index (χ1) is 8.45. The summed E-state index contributed by atoms with van der Waals surface area (Å²) in [6, 6.07) is 3.82. The topological polar surface area (TPSA) is 49.9 Å². The van der Waals surface area contributed by atoms with Crippen LogP contribution in [0.15, 0.2) is 50.4 Å². The van der Waals surface area contributed by atoms with E-state index in [2.05, 4.69) is 15.8 Å². The average molecular weight is 307 g/mol. The molecule has 0 aliphatic carbocycles. The second kappa shape index (κ2) is 5.34. The second-order valence-electron chi connectivity index (χ2n) is 3.72. The van der Waals surface area contributed by atoms with Gasteiger partial charge in [-0.15, -0.1) is 5.11 Å². The van der Waals surface area contributed by atoms with Crippen molar-refractivity contribution in [2.24, 2.45) is 10.3 Å². The Balaban J connectivity index is 2.10. The molecule has 0 spiro atoms. The number of nitrogens with one attached hydrogen (secondary N) is 1. The van der Waals surface area contributed by atoms with E-state index in [0.717, 1.165) is 11.5 Å². The van der Waals surface area contributed by atoms with E-state index in [9.17, 15) is 0 Å². The highest BCUT2D eigenvalue weighted by Crippen LogP contribution is 2.36. The highest BCUT2D eigenvalue weighted by Gasteiger charge is 2.28. The van der Waals surface area contributed by atoms with Crippen molar-refractivity contribution in [2.45, 2.75) is 17.1 Å². The van der Waals surface area contributed by atoms with Crippen molar-refractivity contribution in [3.63, 3.8) is 0 Å². The van der Waals surface area contributed by atoms with Crippen molar-refractivity contribution in [1.29, 1.82) is 0 Å². The molecular weight excluding hydrogens is 296 g/mol. The van der Waals surface area contributed by atoms with Gasteiger partial charge in [-0.05, 0) is 25.1 Å². The third-order valence-corrected chi connectivity index (χ3v) is 2.82. The lowest BCUT2D eigenvalue weighted by Crippen LogP contribution is -2.14. The average Bonchev–Trinajstić information content (AvgIpc) is 2.72. The largest absolute Gasteiger partial charge is 0.466 e. The molecule has 1 aliphatic heterocycles. The second-order valence-corrected chi connectivity index (χ2v) is 6.00. The summed E-state index contributed by atoms with van der Waals surface area (Å²) >= 11 is 17.2. The van der Waals surface area contributed by atoms with Crippen LogP contribution in [-0.4, -0.2) is 3.79 Å². The molecule has 0 fully saturated rings. The lowest BCUT2D eigenvalue weighted by molar-refractivity contribution is 0.494. The predicted molar refractivity (Wildman–Crippen MR) is 71.6 cm³/mol. The van der Waals surface area contributed by atoms with Gasteiger partial charge in [-0.2, -0.15) is 0 Å². The number of hydrogen-bond donors (Lipinski definition) is 1. The molecule has 0 bridgehead atoms. The number of hydrogen-bond acceptors (Lipinski definition) is 4. The molecular formula is C11H10Cl3N3O. The number of allylic oxidation sites excluding steroid dienone is 3. The molecule has 1 aromatic rings. The third-order valence-electron chi connectivity index (χ3n) is 2.24. The number of aryl methyl sites for hydroxylation is 1. The molecule has 1 aromatic heterocycles. The van der Waals surface area contributed by atoms with E-state index in [1.54, 1.807) is 6.08 Å². The fourth-order valence-electron chi connectivity index (χ4n) is 1.39. The van der Waals surface area contributed by atoms with Crippen LogP contribution in [0.5, 0.6) is 0 Å². The summed E-state index contributed by atoms with van der Waals surface area (Å²) < 4.78 is 3.87. The highest BCUT2D eigenvalue weighted by molar-refractivity contribution is 6.69. The van der Waals surface area contributed by atoms with Crippen LogP contribution in [0.1, 0.15) is 11.5 Å². The van der Waals surface area contributed by atoms with Crippen LogP contribution in [-0.2, 0) is 6.42 Å². The Morgan fingerprint density at radius 1 is 1.39 bits per heavy atom. The lowest BCUT2D eigenvalue weighted by atomic mass is 10.2. The van der Waals surface area contributed by atoms with Crippen LogP contribution in [0.25, 0.3) is 0 Å². The van der Waals surface area contributed by atoms with Gasteiger partial charge in [0.05, 0.1) is 5.70 Å². The molecule has 1 N–H and O–H groups in total. The van der Waals surface area contributed by atoms with Gasteiger partial charge >= 0.3 is 0 Å². The third kappa shape index (κ3) is 3.51. The van der Waals surface area contributed by atoms with Crippen molar-refractivity contribution < 1.29 is 4.42 Å². The summed E-state index contributed by atoms with van der Waals surface area (Å²) in [5.41, 5.74) is 3.70. The van der Waals surface area contributed by atoms with Gasteiger partial charge in [-0.1, -0.05) is 46.1 Å². The number of halogens is 3. The van der Waals surface area contributed by atoms with Crippen LogP contribution in [0.2, 0.25) is 0 Å². The summed E-state index contributed by atoms with van der Waals surface area (Å²) in [4.78, 5) is 0. The van der Waals surface area contributed by atoms with E-state index >= 15 is 0 Å². The van der Waals surface area contributed by atoms with Crippen LogP contribution in [0, 0.1) is 6.92 Å². The molecule has 7 heteroatoms. The van der Waals surface area contributed by atoms with E-state index in [1.807, 2.05) is 25.1 Å². The Bertz CT molecular complexity index is 526. The zero-order chi connectivity index (χ0) is 13.2. The zero-order valence-corrected chi connectivity index (χ0v) is 11.7. The van der Waals surface area contributed by atoms with E-state index in [0.29, 0.717) is 12.1 Å². The summed E-state index contributed by atoms with van der Waals surface area (Å²) in [5, 5.41) is 7.40. The van der Waals surface area contributed by atoms with Crippen molar-refractivity contribution >= 4 is 34.8 Å². The van der Waals surface area contributed by atoms with Crippen molar-refractivity contribution in [3.8, 4) is 0 Å². The minimum absolute atomic E-state index is 0.271. The highest BCUT2D eigenvalue weighted by atomic mass is 35.6. The monoisotopic (exact) mass is 305 g/mol. The van der Waals surface area contributed by atoms with E-state index in [4.69, 9.17) is 39.2 Å². The molecule has 18 heavy (non-hydrogen) atoms. The number of nitrogens with zero attached hydrogens (tertiary/aromatic N) is 2. The Labute approximate surface area is 119 Å². The molecule has 0 atom stereocenters. The fraction of sp³-hybridized carbons (Fsp3) is 0.273. The lowest BCUT2D eigenvalue weighted by Gasteiger charge is -2.14. The molecule has 0 saturated carbocycles. The molecule has 96 valence electrons. The SMILES string of the molecule is Cc1ccc(CC=C2C=C(C(Cl)(Cl)Cl)N=NN2)o1. The Hall–Kier alpha value is -0.970. The zero-order valence-electron chi connectivity index (χ0n) is 9.45. The first kappa shape index (κ1) is 13.5. The smallest absolute Gasteiger partial charge is 0.234 e. The molecule has 0 unspecified atom stereocenters. The van der Waals surface area contributed by atoms with Gasteiger partial charge in [0.25, 0.3) is 0 Å². The van der Waals surface area contributed by atoms with Crippen molar-refractivity contribution in [1.82, 2.24) is 5.43 Å². The molecule has 0 radical (unpaired) electrons. The van der Waals surface area contributed by atoms with E-state index in [1.165, 1.54) is 0 Å². The van der Waals surface area contributed by atoms with Gasteiger partial charge in [-0.3, -0.25) is 5.43 Å². The maximum absolute atomic E-state index is 5.73. The first-order valence-corrected chi connectivity index (χ1v) is 6.29.